The van der Waals surface area contributed by atoms with E-state index in [1.165, 1.54) is 6.07 Å². The molecule has 1 aliphatic heterocycles. The van der Waals surface area contributed by atoms with E-state index < -0.39 is 11.9 Å². The van der Waals surface area contributed by atoms with Gasteiger partial charge in [0, 0.05) is 12.1 Å². The molecule has 1 aliphatic rings. The van der Waals surface area contributed by atoms with Crippen LogP contribution in [0.3, 0.4) is 0 Å². The highest BCUT2D eigenvalue weighted by Gasteiger charge is 2.30. The van der Waals surface area contributed by atoms with Gasteiger partial charge in [0.2, 0.25) is 0 Å². The van der Waals surface area contributed by atoms with E-state index in [-0.39, 0.29) is 16.6 Å². The van der Waals surface area contributed by atoms with Crippen molar-refractivity contribution in [3.8, 4) is 0 Å². The molecule has 0 amide bonds. The van der Waals surface area contributed by atoms with Crippen LogP contribution < -0.4 is 5.32 Å². The van der Waals surface area contributed by atoms with E-state index in [0.717, 1.165) is 11.1 Å². The molecule has 0 fully saturated rings. The van der Waals surface area contributed by atoms with Crippen molar-refractivity contribution in [2.75, 3.05) is 0 Å². The monoisotopic (exact) mass is 277 g/mol. The smallest absolute Gasteiger partial charge is 0.147 e. The molecule has 2 N–H and O–H groups in total. The first-order valence-corrected chi connectivity index (χ1v) is 6.49. The van der Waals surface area contributed by atoms with E-state index in [2.05, 4.69) is 5.32 Å². The molecule has 2 aromatic rings. The summed E-state index contributed by atoms with van der Waals surface area (Å²) in [4.78, 5) is 0. The van der Waals surface area contributed by atoms with Crippen molar-refractivity contribution in [1.29, 1.82) is 0 Å². The Kier molecular flexibility index (Phi) is 3.27. The summed E-state index contributed by atoms with van der Waals surface area (Å²) in [6.07, 6.45) is -0.956. The second-order valence-corrected chi connectivity index (χ2v) is 5.05. The lowest BCUT2D eigenvalue weighted by atomic mass is 9.95. The predicted molar refractivity (Wildman–Crippen MR) is 72.4 cm³/mol. The number of aliphatic hydroxyl groups excluding tert-OH is 1. The maximum atomic E-state index is 14.0. The fourth-order valence-electron chi connectivity index (χ4n) is 2.54. The summed E-state index contributed by atoms with van der Waals surface area (Å²) in [6, 6.07) is 12.2. The van der Waals surface area contributed by atoms with E-state index in [0.29, 0.717) is 6.54 Å². The molecule has 0 aromatic heterocycles. The largest absolute Gasteiger partial charge is 0.386 e. The van der Waals surface area contributed by atoms with Gasteiger partial charge in [-0.2, -0.15) is 0 Å². The van der Waals surface area contributed by atoms with Gasteiger partial charge in [0.25, 0.3) is 0 Å². The summed E-state index contributed by atoms with van der Waals surface area (Å²) < 4.78 is 14.0. The Balaban J connectivity index is 1.98. The number of benzene rings is 2. The second-order valence-electron chi connectivity index (χ2n) is 4.65. The van der Waals surface area contributed by atoms with Crippen LogP contribution in [0.15, 0.2) is 42.5 Å². The van der Waals surface area contributed by atoms with Crippen molar-refractivity contribution in [2.45, 2.75) is 18.7 Å². The highest BCUT2D eigenvalue weighted by atomic mass is 35.5. The average Bonchev–Trinajstić information content (AvgIpc) is 2.85. The third-order valence-electron chi connectivity index (χ3n) is 3.52. The summed E-state index contributed by atoms with van der Waals surface area (Å²) >= 11 is 5.76. The van der Waals surface area contributed by atoms with Gasteiger partial charge in [0.1, 0.15) is 11.9 Å². The minimum atomic E-state index is -0.956. The average molecular weight is 278 g/mol. The normalized spacial score (nSPS) is 19.2. The highest BCUT2D eigenvalue weighted by Crippen LogP contribution is 2.36. The molecule has 0 bridgehead atoms. The van der Waals surface area contributed by atoms with Gasteiger partial charge in [-0.3, -0.25) is 0 Å². The van der Waals surface area contributed by atoms with Crippen molar-refractivity contribution in [1.82, 2.24) is 5.32 Å². The Morgan fingerprint density at radius 1 is 1.21 bits per heavy atom. The van der Waals surface area contributed by atoms with Gasteiger partial charge in [-0.15, -0.1) is 0 Å². The number of hydrogen-bond acceptors (Lipinski definition) is 2. The summed E-state index contributed by atoms with van der Waals surface area (Å²) in [6.45, 7) is 0.681. The first-order valence-electron chi connectivity index (χ1n) is 6.11. The Labute approximate surface area is 115 Å². The quantitative estimate of drug-likeness (QED) is 0.882. The van der Waals surface area contributed by atoms with E-state index >= 15 is 0 Å². The fourth-order valence-corrected chi connectivity index (χ4v) is 2.72. The number of nitrogens with one attached hydrogen (secondary N) is 1. The topological polar surface area (TPSA) is 32.3 Å². The molecular weight excluding hydrogens is 265 g/mol. The molecule has 3 rings (SSSR count). The summed E-state index contributed by atoms with van der Waals surface area (Å²) in [5, 5.41) is 13.6. The van der Waals surface area contributed by atoms with Crippen LogP contribution in [0, 0.1) is 5.82 Å². The van der Waals surface area contributed by atoms with Crippen LogP contribution in [-0.4, -0.2) is 5.11 Å². The van der Waals surface area contributed by atoms with Gasteiger partial charge < -0.3 is 10.4 Å². The van der Waals surface area contributed by atoms with Crippen molar-refractivity contribution < 1.29 is 9.50 Å². The molecule has 0 radical (unpaired) electrons. The van der Waals surface area contributed by atoms with E-state index in [1.54, 1.807) is 12.1 Å². The van der Waals surface area contributed by atoms with Crippen molar-refractivity contribution in [3.05, 3.63) is 70.0 Å². The standard InChI is InChI=1S/C15H13ClFNO/c16-12-7-3-6-11(13(12)17)15(19)14-10-5-2-1-4-9(10)8-18-14/h1-7,14-15,18-19H,8H2. The Hall–Kier alpha value is -1.42. The Bertz CT molecular complexity index is 617. The van der Waals surface area contributed by atoms with E-state index in [1.807, 2.05) is 24.3 Å². The summed E-state index contributed by atoms with van der Waals surface area (Å²) in [7, 11) is 0. The SMILES string of the molecule is OC(c1cccc(Cl)c1F)C1NCc2ccccc21. The van der Waals surface area contributed by atoms with Crippen molar-refractivity contribution in [2.24, 2.45) is 0 Å². The lowest BCUT2D eigenvalue weighted by Crippen LogP contribution is -2.21. The van der Waals surface area contributed by atoms with Crippen LogP contribution in [0.25, 0.3) is 0 Å². The minimum absolute atomic E-state index is 0.0304. The maximum absolute atomic E-state index is 14.0. The number of fused-ring (bicyclic) bond motifs is 1. The molecule has 0 saturated carbocycles. The van der Waals surface area contributed by atoms with Crippen molar-refractivity contribution >= 4 is 11.6 Å². The molecule has 19 heavy (non-hydrogen) atoms. The number of rotatable bonds is 2. The molecule has 0 saturated heterocycles. The van der Waals surface area contributed by atoms with Gasteiger partial charge in [-0.25, -0.2) is 4.39 Å². The van der Waals surface area contributed by atoms with Crippen LogP contribution in [0.5, 0.6) is 0 Å². The molecule has 0 spiro atoms. The second kappa shape index (κ2) is 4.93. The molecule has 2 atom stereocenters. The molecule has 1 heterocycles. The minimum Gasteiger partial charge on any atom is -0.386 e. The van der Waals surface area contributed by atoms with Crippen LogP contribution in [0.1, 0.15) is 28.8 Å². The zero-order chi connectivity index (χ0) is 13.4. The van der Waals surface area contributed by atoms with Crippen molar-refractivity contribution in [3.63, 3.8) is 0 Å². The zero-order valence-electron chi connectivity index (χ0n) is 10.1. The number of halogens is 2. The predicted octanol–water partition coefficient (Wildman–Crippen LogP) is 3.36. The fraction of sp³-hybridized carbons (Fsp3) is 0.200. The van der Waals surface area contributed by atoms with Gasteiger partial charge in [-0.05, 0) is 17.2 Å². The summed E-state index contributed by atoms with van der Waals surface area (Å²) in [5.41, 5.74) is 2.37. The highest BCUT2D eigenvalue weighted by molar-refractivity contribution is 6.30. The zero-order valence-corrected chi connectivity index (χ0v) is 10.9. The van der Waals surface area contributed by atoms with Crippen LogP contribution in [0.4, 0.5) is 4.39 Å². The molecular formula is C15H13ClFNO. The Morgan fingerprint density at radius 3 is 2.84 bits per heavy atom. The third-order valence-corrected chi connectivity index (χ3v) is 3.81. The first-order chi connectivity index (χ1) is 9.18. The molecule has 2 aromatic carbocycles. The van der Waals surface area contributed by atoms with Gasteiger partial charge in [0.05, 0.1) is 11.1 Å². The van der Waals surface area contributed by atoms with Crippen LogP contribution in [-0.2, 0) is 6.54 Å². The molecule has 2 unspecified atom stereocenters. The maximum Gasteiger partial charge on any atom is 0.147 e. The van der Waals surface area contributed by atoms with Gasteiger partial charge in [0.15, 0.2) is 0 Å². The number of aliphatic hydroxyl groups is 1. The van der Waals surface area contributed by atoms with Crippen LogP contribution in [0.2, 0.25) is 5.02 Å². The third kappa shape index (κ3) is 2.14. The lowest BCUT2D eigenvalue weighted by Gasteiger charge is -2.20. The first kappa shape index (κ1) is 12.6. The van der Waals surface area contributed by atoms with E-state index in [4.69, 9.17) is 11.6 Å². The van der Waals surface area contributed by atoms with E-state index in [9.17, 15) is 9.50 Å². The summed E-state index contributed by atoms with van der Waals surface area (Å²) in [5.74, 6) is -0.553. The number of hydrogen-bond donors (Lipinski definition) is 2. The molecule has 0 aliphatic carbocycles. The van der Waals surface area contributed by atoms with Crippen LogP contribution >= 0.6 is 11.6 Å². The van der Waals surface area contributed by atoms with Gasteiger partial charge in [-0.1, -0.05) is 48.0 Å². The molecule has 2 nitrogen and oxygen atoms in total. The lowest BCUT2D eigenvalue weighted by molar-refractivity contribution is 0.129. The van der Waals surface area contributed by atoms with Gasteiger partial charge >= 0.3 is 0 Å². The molecule has 4 heteroatoms. The Morgan fingerprint density at radius 2 is 2.00 bits per heavy atom. The molecule has 98 valence electrons.